The van der Waals surface area contributed by atoms with Crippen molar-refractivity contribution in [2.45, 2.75) is 13.3 Å². The lowest BCUT2D eigenvalue weighted by Gasteiger charge is -2.07. The van der Waals surface area contributed by atoms with Gasteiger partial charge < -0.3 is 4.57 Å². The van der Waals surface area contributed by atoms with Crippen molar-refractivity contribution >= 4 is 11.0 Å². The Bertz CT molecular complexity index is 824. The molecule has 2 aromatic heterocycles. The Hall–Kier alpha value is -2.67. The van der Waals surface area contributed by atoms with E-state index in [1.807, 2.05) is 36.0 Å². The van der Waals surface area contributed by atoms with Gasteiger partial charge >= 0.3 is 0 Å². The molecule has 0 spiro atoms. The molecule has 0 aliphatic carbocycles. The molecule has 0 aliphatic rings. The lowest BCUT2D eigenvalue weighted by Crippen LogP contribution is -1.96. The minimum Gasteiger partial charge on any atom is -0.327 e. The molecular weight excluding hydrogens is 248 g/mol. The molecule has 0 unspecified atom stereocenters. The predicted octanol–water partition coefficient (Wildman–Crippen LogP) is 3.07. The number of hydrogen-bond acceptors (Lipinski definition) is 3. The van der Waals surface area contributed by atoms with Gasteiger partial charge in [0, 0.05) is 25.0 Å². The number of hydrogen-bond donors (Lipinski definition) is 0. The van der Waals surface area contributed by atoms with Crippen LogP contribution in [0.4, 0.5) is 0 Å². The first-order valence-corrected chi connectivity index (χ1v) is 6.54. The molecule has 0 saturated heterocycles. The number of rotatable bonds is 2. The van der Waals surface area contributed by atoms with E-state index < -0.39 is 0 Å². The van der Waals surface area contributed by atoms with E-state index in [-0.39, 0.29) is 0 Å². The zero-order chi connectivity index (χ0) is 14.1. The second kappa shape index (κ2) is 4.78. The van der Waals surface area contributed by atoms with E-state index in [0.29, 0.717) is 5.56 Å². The third-order valence-corrected chi connectivity index (χ3v) is 3.54. The van der Waals surface area contributed by atoms with Gasteiger partial charge in [-0.3, -0.25) is 4.98 Å². The van der Waals surface area contributed by atoms with Crippen LogP contribution in [-0.4, -0.2) is 14.5 Å². The van der Waals surface area contributed by atoms with Crippen molar-refractivity contribution in [1.29, 1.82) is 5.26 Å². The fraction of sp³-hybridized carbons (Fsp3) is 0.188. The highest BCUT2D eigenvalue weighted by Crippen LogP contribution is 2.26. The number of fused-ring (bicyclic) bond motifs is 1. The molecule has 3 aromatic rings. The number of nitriles is 1. The number of imidazole rings is 1. The molecule has 0 saturated carbocycles. The van der Waals surface area contributed by atoms with Crippen LogP contribution in [0.3, 0.4) is 0 Å². The van der Waals surface area contributed by atoms with Crippen LogP contribution < -0.4 is 0 Å². The Balaban J connectivity index is 2.27. The van der Waals surface area contributed by atoms with E-state index in [2.05, 4.69) is 18.0 Å². The van der Waals surface area contributed by atoms with Crippen molar-refractivity contribution in [2.75, 3.05) is 0 Å². The summed E-state index contributed by atoms with van der Waals surface area (Å²) < 4.78 is 2.03. The Morgan fingerprint density at radius 2 is 2.15 bits per heavy atom. The van der Waals surface area contributed by atoms with Gasteiger partial charge in [-0.15, -0.1) is 0 Å². The third-order valence-electron chi connectivity index (χ3n) is 3.54. The summed E-state index contributed by atoms with van der Waals surface area (Å²) in [7, 11) is 1.98. The van der Waals surface area contributed by atoms with Gasteiger partial charge in [-0.1, -0.05) is 6.92 Å². The lowest BCUT2D eigenvalue weighted by atomic mass is 10.1. The highest BCUT2D eigenvalue weighted by atomic mass is 15.1. The van der Waals surface area contributed by atoms with Crippen LogP contribution in [0.2, 0.25) is 0 Å². The molecule has 0 fully saturated rings. The molecule has 0 radical (unpaired) electrons. The fourth-order valence-electron chi connectivity index (χ4n) is 2.43. The van der Waals surface area contributed by atoms with E-state index >= 15 is 0 Å². The minimum atomic E-state index is 0.650. The zero-order valence-corrected chi connectivity index (χ0v) is 11.5. The number of benzene rings is 1. The lowest BCUT2D eigenvalue weighted by molar-refractivity contribution is 0.951. The molecule has 0 amide bonds. The number of pyridine rings is 1. The number of aryl methyl sites for hydroxylation is 2. The van der Waals surface area contributed by atoms with Crippen LogP contribution in [-0.2, 0) is 13.5 Å². The summed E-state index contributed by atoms with van der Waals surface area (Å²) in [6.07, 6.45) is 4.58. The third kappa shape index (κ3) is 1.84. The van der Waals surface area contributed by atoms with Crippen LogP contribution in [0.5, 0.6) is 0 Å². The summed E-state index contributed by atoms with van der Waals surface area (Å²) in [6.45, 7) is 2.11. The molecular formula is C16H14N4. The van der Waals surface area contributed by atoms with Gasteiger partial charge in [0.1, 0.15) is 5.82 Å². The first-order valence-electron chi connectivity index (χ1n) is 6.54. The predicted molar refractivity (Wildman–Crippen MR) is 78.0 cm³/mol. The quantitative estimate of drug-likeness (QED) is 0.713. The molecule has 4 heteroatoms. The van der Waals surface area contributed by atoms with Crippen LogP contribution >= 0.6 is 0 Å². The normalized spacial score (nSPS) is 10.7. The smallest absolute Gasteiger partial charge is 0.141 e. The molecule has 20 heavy (non-hydrogen) atoms. The van der Waals surface area contributed by atoms with E-state index in [0.717, 1.165) is 28.8 Å². The molecule has 3 rings (SSSR count). The molecule has 0 bridgehead atoms. The maximum absolute atomic E-state index is 9.01. The highest BCUT2D eigenvalue weighted by molar-refractivity contribution is 5.82. The highest BCUT2D eigenvalue weighted by Gasteiger charge is 2.13. The van der Waals surface area contributed by atoms with E-state index in [9.17, 15) is 0 Å². The molecule has 4 nitrogen and oxygen atoms in total. The largest absolute Gasteiger partial charge is 0.327 e. The maximum Gasteiger partial charge on any atom is 0.141 e. The van der Waals surface area contributed by atoms with Crippen LogP contribution in [0.25, 0.3) is 22.4 Å². The monoisotopic (exact) mass is 262 g/mol. The van der Waals surface area contributed by atoms with Crippen LogP contribution in [0.15, 0.2) is 36.7 Å². The topological polar surface area (TPSA) is 54.5 Å². The van der Waals surface area contributed by atoms with E-state index in [1.165, 1.54) is 5.56 Å². The minimum absolute atomic E-state index is 0.650. The van der Waals surface area contributed by atoms with Crippen molar-refractivity contribution in [3.8, 4) is 17.5 Å². The van der Waals surface area contributed by atoms with E-state index in [4.69, 9.17) is 10.2 Å². The zero-order valence-electron chi connectivity index (χ0n) is 11.5. The van der Waals surface area contributed by atoms with Crippen LogP contribution in [0.1, 0.15) is 18.1 Å². The SMILES string of the molecule is CCc1cnccc1-c1nc2ccc(C#N)cc2n1C. The Morgan fingerprint density at radius 1 is 1.30 bits per heavy atom. The summed E-state index contributed by atoms with van der Waals surface area (Å²) in [5.41, 5.74) is 4.79. The average molecular weight is 262 g/mol. The first kappa shape index (κ1) is 12.4. The second-order valence-electron chi connectivity index (χ2n) is 4.70. The summed E-state index contributed by atoms with van der Waals surface area (Å²) in [5.74, 6) is 0.911. The van der Waals surface area contributed by atoms with Crippen molar-refractivity contribution in [3.63, 3.8) is 0 Å². The fourth-order valence-corrected chi connectivity index (χ4v) is 2.43. The molecule has 98 valence electrons. The number of nitrogens with zero attached hydrogens (tertiary/aromatic N) is 4. The van der Waals surface area contributed by atoms with Crippen molar-refractivity contribution in [1.82, 2.24) is 14.5 Å². The standard InChI is InChI=1S/C16H14N4/c1-3-12-10-18-7-6-13(12)16-19-14-5-4-11(9-17)8-15(14)20(16)2/h4-8,10H,3H2,1-2H3. The van der Waals surface area contributed by atoms with Crippen LogP contribution in [0, 0.1) is 11.3 Å². The van der Waals surface area contributed by atoms with Crippen molar-refractivity contribution in [2.24, 2.45) is 7.05 Å². The Morgan fingerprint density at radius 3 is 2.90 bits per heavy atom. The van der Waals surface area contributed by atoms with Gasteiger partial charge in [-0.25, -0.2) is 4.98 Å². The molecule has 1 aromatic carbocycles. The summed E-state index contributed by atoms with van der Waals surface area (Å²) in [6, 6.07) is 9.72. The van der Waals surface area contributed by atoms with Gasteiger partial charge in [-0.2, -0.15) is 5.26 Å². The summed E-state index contributed by atoms with van der Waals surface area (Å²) >= 11 is 0. The molecule has 2 heterocycles. The molecule has 0 atom stereocenters. The van der Waals surface area contributed by atoms with Gasteiger partial charge in [0.2, 0.25) is 0 Å². The Kier molecular flexibility index (Phi) is 2.96. The summed E-state index contributed by atoms with van der Waals surface area (Å²) in [5, 5.41) is 9.01. The van der Waals surface area contributed by atoms with Gasteiger partial charge in [0.05, 0.1) is 22.7 Å². The van der Waals surface area contributed by atoms with Gasteiger partial charge in [0.15, 0.2) is 0 Å². The van der Waals surface area contributed by atoms with Crippen molar-refractivity contribution < 1.29 is 0 Å². The van der Waals surface area contributed by atoms with Gasteiger partial charge in [-0.05, 0) is 36.2 Å². The Labute approximate surface area is 117 Å². The van der Waals surface area contributed by atoms with Gasteiger partial charge in [0.25, 0.3) is 0 Å². The molecule has 0 aliphatic heterocycles. The maximum atomic E-state index is 9.01. The summed E-state index contributed by atoms with van der Waals surface area (Å²) in [4.78, 5) is 8.86. The average Bonchev–Trinajstić information content (AvgIpc) is 2.83. The first-order chi connectivity index (χ1) is 9.74. The van der Waals surface area contributed by atoms with E-state index in [1.54, 1.807) is 12.3 Å². The van der Waals surface area contributed by atoms with Crippen molar-refractivity contribution in [3.05, 3.63) is 47.8 Å². The second-order valence-corrected chi connectivity index (χ2v) is 4.70. The number of aromatic nitrogens is 3. The molecule has 0 N–H and O–H groups in total.